The Morgan fingerprint density at radius 1 is 1.23 bits per heavy atom. The van der Waals surface area contributed by atoms with Gasteiger partial charge in [-0.15, -0.1) is 35.3 Å². The molecule has 9 heteroatoms. The van der Waals surface area contributed by atoms with Crippen molar-refractivity contribution in [3.63, 3.8) is 0 Å². The van der Waals surface area contributed by atoms with Crippen molar-refractivity contribution >= 4 is 41.3 Å². The Morgan fingerprint density at radius 2 is 2.10 bits per heavy atom. The summed E-state index contributed by atoms with van der Waals surface area (Å²) in [6, 6.07) is 8.84. The average molecular weight is 552 g/mol. The maximum absolute atomic E-state index is 4.81. The third-order valence-electron chi connectivity index (χ3n) is 5.26. The molecule has 166 valence electrons. The summed E-state index contributed by atoms with van der Waals surface area (Å²) in [7, 11) is 0. The standard InChI is InChI=1S/C22H29N7S.HI/c1-2-24-22(26-15-18-7-8-25-21(14-18)29-12-9-23-17-29)27-16-19(20-6-5-13-30-20)28-10-3-4-11-28;/h5-9,12-14,17,19H,2-4,10-11,15-16H2,1H3,(H2,24,26,27);1H. The minimum atomic E-state index is 0. The van der Waals surface area contributed by atoms with E-state index in [1.54, 1.807) is 12.5 Å². The summed E-state index contributed by atoms with van der Waals surface area (Å²) in [5.74, 6) is 1.70. The van der Waals surface area contributed by atoms with E-state index in [1.165, 1.54) is 30.8 Å². The molecule has 4 rings (SSSR count). The maximum Gasteiger partial charge on any atom is 0.191 e. The smallest absolute Gasteiger partial charge is 0.191 e. The molecule has 3 aromatic rings. The fraction of sp³-hybridized carbons (Fsp3) is 0.409. The first kappa shape index (κ1) is 23.7. The third-order valence-corrected chi connectivity index (χ3v) is 6.23. The number of imidazole rings is 1. The Labute approximate surface area is 205 Å². The molecule has 0 spiro atoms. The molecule has 1 saturated heterocycles. The summed E-state index contributed by atoms with van der Waals surface area (Å²) in [4.78, 5) is 17.3. The molecule has 1 atom stereocenters. The maximum atomic E-state index is 4.81. The zero-order chi connectivity index (χ0) is 20.6. The van der Waals surface area contributed by atoms with E-state index in [0.29, 0.717) is 12.6 Å². The SMILES string of the molecule is CCNC(=NCc1ccnc(-n2ccnc2)c1)NCC(c1cccs1)N1CCCC1.I. The molecule has 0 amide bonds. The molecule has 2 N–H and O–H groups in total. The quantitative estimate of drug-likeness (QED) is 0.253. The van der Waals surface area contributed by atoms with Crippen LogP contribution in [-0.4, -0.2) is 51.6 Å². The Balaban J connectivity index is 0.00000272. The lowest BCUT2D eigenvalue weighted by Gasteiger charge is -2.27. The van der Waals surface area contributed by atoms with Gasteiger partial charge in [-0.2, -0.15) is 0 Å². The number of likely N-dealkylation sites (tertiary alicyclic amines) is 1. The number of nitrogens with one attached hydrogen (secondary N) is 2. The van der Waals surface area contributed by atoms with E-state index in [1.807, 2.05) is 40.4 Å². The minimum absolute atomic E-state index is 0. The highest BCUT2D eigenvalue weighted by Crippen LogP contribution is 2.27. The lowest BCUT2D eigenvalue weighted by molar-refractivity contribution is 0.249. The molecule has 0 radical (unpaired) electrons. The molecule has 1 fully saturated rings. The molecular formula is C22H30IN7S. The van der Waals surface area contributed by atoms with Crippen molar-refractivity contribution in [1.29, 1.82) is 0 Å². The number of pyridine rings is 1. The summed E-state index contributed by atoms with van der Waals surface area (Å²) in [6.45, 7) is 6.71. The molecular weight excluding hydrogens is 521 g/mol. The fourth-order valence-electron chi connectivity index (χ4n) is 3.74. The lowest BCUT2D eigenvalue weighted by atomic mass is 10.2. The van der Waals surface area contributed by atoms with Gasteiger partial charge in [-0.05, 0) is 62.0 Å². The second-order valence-corrected chi connectivity index (χ2v) is 8.32. The summed E-state index contributed by atoms with van der Waals surface area (Å²) in [5, 5.41) is 9.12. The van der Waals surface area contributed by atoms with Crippen molar-refractivity contribution in [2.45, 2.75) is 32.4 Å². The van der Waals surface area contributed by atoms with E-state index in [4.69, 9.17) is 4.99 Å². The highest BCUT2D eigenvalue weighted by Gasteiger charge is 2.24. The van der Waals surface area contributed by atoms with Crippen molar-refractivity contribution in [3.05, 3.63) is 65.0 Å². The number of hydrogen-bond donors (Lipinski definition) is 2. The Hall–Kier alpha value is -1.98. The average Bonchev–Trinajstić information content (AvgIpc) is 3.56. The van der Waals surface area contributed by atoms with E-state index in [-0.39, 0.29) is 24.0 Å². The molecule has 7 nitrogen and oxygen atoms in total. The first-order valence-electron chi connectivity index (χ1n) is 10.6. The molecule has 4 heterocycles. The van der Waals surface area contributed by atoms with E-state index < -0.39 is 0 Å². The zero-order valence-corrected chi connectivity index (χ0v) is 20.9. The van der Waals surface area contributed by atoms with Crippen molar-refractivity contribution in [2.75, 3.05) is 26.2 Å². The first-order chi connectivity index (χ1) is 14.8. The molecule has 1 aliphatic rings. The number of guanidine groups is 1. The predicted octanol–water partition coefficient (Wildman–Crippen LogP) is 3.84. The number of aliphatic imine (C=N–C) groups is 1. The van der Waals surface area contributed by atoms with Gasteiger partial charge in [0, 0.05) is 36.6 Å². The normalized spacial score (nSPS) is 15.5. The molecule has 1 unspecified atom stereocenters. The number of aromatic nitrogens is 3. The van der Waals surface area contributed by atoms with Gasteiger partial charge >= 0.3 is 0 Å². The molecule has 0 aromatic carbocycles. The third kappa shape index (κ3) is 6.50. The topological polar surface area (TPSA) is 70.4 Å². The second kappa shape index (κ2) is 12.2. The van der Waals surface area contributed by atoms with Crippen molar-refractivity contribution in [2.24, 2.45) is 4.99 Å². The first-order valence-corrected chi connectivity index (χ1v) is 11.4. The van der Waals surface area contributed by atoms with Crippen LogP contribution in [-0.2, 0) is 6.54 Å². The van der Waals surface area contributed by atoms with Crippen LogP contribution in [0.4, 0.5) is 0 Å². The lowest BCUT2D eigenvalue weighted by Crippen LogP contribution is -2.42. The molecule has 1 aliphatic heterocycles. The number of halogens is 1. The van der Waals surface area contributed by atoms with Crippen LogP contribution in [0.5, 0.6) is 0 Å². The van der Waals surface area contributed by atoms with Gasteiger partial charge in [0.15, 0.2) is 5.96 Å². The van der Waals surface area contributed by atoms with Gasteiger partial charge < -0.3 is 10.6 Å². The summed E-state index contributed by atoms with van der Waals surface area (Å²) in [6.07, 6.45) is 9.80. The molecule has 0 aliphatic carbocycles. The molecule has 3 aromatic heterocycles. The summed E-state index contributed by atoms with van der Waals surface area (Å²) < 4.78 is 1.90. The highest BCUT2D eigenvalue weighted by atomic mass is 127. The number of rotatable bonds is 8. The Bertz CT molecular complexity index is 921. The van der Waals surface area contributed by atoms with Crippen LogP contribution >= 0.6 is 35.3 Å². The van der Waals surface area contributed by atoms with Gasteiger partial charge in [-0.25, -0.2) is 15.0 Å². The van der Waals surface area contributed by atoms with Crippen LogP contribution in [0.3, 0.4) is 0 Å². The van der Waals surface area contributed by atoms with Gasteiger partial charge in [0.2, 0.25) is 0 Å². The van der Waals surface area contributed by atoms with E-state index in [0.717, 1.165) is 30.4 Å². The Kier molecular flexibility index (Phi) is 9.29. The largest absolute Gasteiger partial charge is 0.357 e. The van der Waals surface area contributed by atoms with Crippen LogP contribution in [0.25, 0.3) is 5.82 Å². The summed E-state index contributed by atoms with van der Waals surface area (Å²) >= 11 is 1.84. The zero-order valence-electron chi connectivity index (χ0n) is 17.8. The van der Waals surface area contributed by atoms with E-state index >= 15 is 0 Å². The number of hydrogen-bond acceptors (Lipinski definition) is 5. The number of thiophene rings is 1. The predicted molar refractivity (Wildman–Crippen MR) is 137 cm³/mol. The van der Waals surface area contributed by atoms with E-state index in [9.17, 15) is 0 Å². The van der Waals surface area contributed by atoms with Gasteiger partial charge in [0.25, 0.3) is 0 Å². The fourth-order valence-corrected chi connectivity index (χ4v) is 4.60. The Morgan fingerprint density at radius 3 is 2.81 bits per heavy atom. The van der Waals surface area contributed by atoms with Crippen LogP contribution in [0.15, 0.2) is 59.6 Å². The van der Waals surface area contributed by atoms with Crippen molar-refractivity contribution in [1.82, 2.24) is 30.1 Å². The molecule has 0 bridgehead atoms. The highest BCUT2D eigenvalue weighted by molar-refractivity contribution is 14.0. The van der Waals surface area contributed by atoms with Gasteiger partial charge in [0.05, 0.1) is 12.6 Å². The van der Waals surface area contributed by atoms with Crippen LogP contribution in [0, 0.1) is 0 Å². The van der Waals surface area contributed by atoms with Crippen LogP contribution < -0.4 is 10.6 Å². The summed E-state index contributed by atoms with van der Waals surface area (Å²) in [5.41, 5.74) is 1.11. The molecule has 0 saturated carbocycles. The van der Waals surface area contributed by atoms with Crippen molar-refractivity contribution < 1.29 is 0 Å². The van der Waals surface area contributed by atoms with Gasteiger partial charge in [-0.1, -0.05) is 6.07 Å². The van der Waals surface area contributed by atoms with Gasteiger partial charge in [0.1, 0.15) is 12.1 Å². The minimum Gasteiger partial charge on any atom is -0.357 e. The second-order valence-electron chi connectivity index (χ2n) is 7.34. The monoisotopic (exact) mass is 551 g/mol. The van der Waals surface area contributed by atoms with Crippen molar-refractivity contribution in [3.8, 4) is 5.82 Å². The van der Waals surface area contributed by atoms with Gasteiger partial charge in [-0.3, -0.25) is 9.47 Å². The van der Waals surface area contributed by atoms with E-state index in [2.05, 4.69) is 49.9 Å². The number of nitrogens with zero attached hydrogens (tertiary/aromatic N) is 5. The van der Waals surface area contributed by atoms with Crippen LogP contribution in [0.1, 0.15) is 36.2 Å². The molecule has 31 heavy (non-hydrogen) atoms. The van der Waals surface area contributed by atoms with Crippen LogP contribution in [0.2, 0.25) is 0 Å².